The van der Waals surface area contributed by atoms with Gasteiger partial charge in [0.05, 0.1) is 25.2 Å². The first-order valence-corrected chi connectivity index (χ1v) is 5.27. The summed E-state index contributed by atoms with van der Waals surface area (Å²) in [4.78, 5) is 10.8. The van der Waals surface area contributed by atoms with Gasteiger partial charge in [0.2, 0.25) is 0 Å². The van der Waals surface area contributed by atoms with Gasteiger partial charge in [0.25, 0.3) is 0 Å². The summed E-state index contributed by atoms with van der Waals surface area (Å²) < 4.78 is 0.645. The van der Waals surface area contributed by atoms with Gasteiger partial charge in [-0.25, -0.2) is 4.79 Å². The van der Waals surface area contributed by atoms with Crippen LogP contribution >= 0.6 is 0 Å². The first kappa shape index (κ1) is 12.9. The summed E-state index contributed by atoms with van der Waals surface area (Å²) in [5, 5.41) is 18.5. The van der Waals surface area contributed by atoms with Crippen molar-refractivity contribution in [3.63, 3.8) is 0 Å². The highest BCUT2D eigenvalue weighted by Crippen LogP contribution is 2.40. The molecular weight excluding hydrogens is 262 g/mol. The third-order valence-corrected chi connectivity index (χ3v) is 4.07. The minimum atomic E-state index is -0.721. The van der Waals surface area contributed by atoms with Gasteiger partial charge < -0.3 is 31.7 Å². The van der Waals surface area contributed by atoms with E-state index in [9.17, 15) is 9.90 Å². The molecule has 0 aromatic carbocycles. The molecule has 0 aliphatic carbocycles. The Morgan fingerprint density at radius 1 is 1.33 bits per heavy atom. The number of aliphatic hydroxyl groups is 1. The first-order chi connectivity index (χ1) is 6.52. The van der Waals surface area contributed by atoms with Crippen LogP contribution in [0.25, 0.3) is 0 Å². The summed E-state index contributed by atoms with van der Waals surface area (Å²) in [5.74, 6) is -0.721. The van der Waals surface area contributed by atoms with Crippen molar-refractivity contribution in [1.82, 2.24) is 0 Å². The Labute approximate surface area is 100 Å². The van der Waals surface area contributed by atoms with Gasteiger partial charge >= 0.3 is 5.97 Å². The number of likely N-dealkylation sites (N-methyl/N-ethyl adjacent to an activating group) is 1. The number of aliphatic carboxylic acids is 1. The number of halogens is 1. The quantitative estimate of drug-likeness (QED) is 0.538. The van der Waals surface area contributed by atoms with Crippen molar-refractivity contribution in [3.8, 4) is 0 Å². The van der Waals surface area contributed by atoms with Gasteiger partial charge in [-0.1, -0.05) is 0 Å². The van der Waals surface area contributed by atoms with Crippen molar-refractivity contribution >= 4 is 5.97 Å². The Bertz CT molecular complexity index is 245. The lowest BCUT2D eigenvalue weighted by Gasteiger charge is -2.44. The summed E-state index contributed by atoms with van der Waals surface area (Å²) in [6.07, 6.45) is 3.50. The summed E-state index contributed by atoms with van der Waals surface area (Å²) in [7, 11) is 2.03. The van der Waals surface area contributed by atoms with Crippen LogP contribution in [0.2, 0.25) is 0 Å². The molecule has 5 heteroatoms. The molecule has 2 aliphatic heterocycles. The van der Waals surface area contributed by atoms with Crippen LogP contribution in [0.1, 0.15) is 25.7 Å². The molecule has 2 heterocycles. The standard InChI is InChI=1S/C10H17NO3.BrH/c1-11(6-10(13)14)7-2-3-8(11)5-9(12)4-7;/h7-9,12H,2-6H2,1H3;1H. The molecule has 0 spiro atoms. The SMILES string of the molecule is C[N+]1(CC(=O)O)C2CCC1CC(O)C2.[Br-]. The number of piperidine rings is 1. The Morgan fingerprint density at radius 3 is 2.20 bits per heavy atom. The van der Waals surface area contributed by atoms with Crippen LogP contribution in [0.5, 0.6) is 0 Å². The van der Waals surface area contributed by atoms with Gasteiger partial charge in [0.15, 0.2) is 6.54 Å². The molecule has 2 N–H and O–H groups in total. The predicted molar refractivity (Wildman–Crippen MR) is 50.7 cm³/mol. The number of quaternary nitrogens is 1. The van der Waals surface area contributed by atoms with Gasteiger partial charge in [-0.05, 0) is 0 Å². The molecule has 15 heavy (non-hydrogen) atoms. The number of fused-ring (bicyclic) bond motifs is 2. The third-order valence-electron chi connectivity index (χ3n) is 4.07. The molecule has 0 amide bonds. The maximum Gasteiger partial charge on any atom is 0.359 e. The number of aliphatic hydroxyl groups excluding tert-OH is 1. The van der Waals surface area contributed by atoms with Crippen LogP contribution in [-0.4, -0.2) is 52.4 Å². The van der Waals surface area contributed by atoms with E-state index >= 15 is 0 Å². The van der Waals surface area contributed by atoms with E-state index in [1.165, 1.54) is 0 Å². The first-order valence-electron chi connectivity index (χ1n) is 5.27. The van der Waals surface area contributed by atoms with Crippen LogP contribution in [0.4, 0.5) is 0 Å². The molecule has 2 bridgehead atoms. The summed E-state index contributed by atoms with van der Waals surface area (Å²) >= 11 is 0. The van der Waals surface area contributed by atoms with Crippen molar-refractivity contribution in [2.75, 3.05) is 13.6 Å². The molecular formula is C10H18BrNO3. The number of nitrogens with zero attached hydrogens (tertiary/aromatic N) is 1. The molecule has 88 valence electrons. The molecule has 2 aliphatic rings. The number of hydrogen-bond donors (Lipinski definition) is 2. The highest BCUT2D eigenvalue weighted by molar-refractivity contribution is 5.68. The highest BCUT2D eigenvalue weighted by Gasteiger charge is 2.51. The Kier molecular flexibility index (Phi) is 3.79. The smallest absolute Gasteiger partial charge is 0.359 e. The van der Waals surface area contributed by atoms with Crippen LogP contribution < -0.4 is 17.0 Å². The van der Waals surface area contributed by atoms with Crippen molar-refractivity contribution < 1.29 is 36.5 Å². The van der Waals surface area contributed by atoms with Gasteiger partial charge in [-0.2, -0.15) is 0 Å². The van der Waals surface area contributed by atoms with Crippen molar-refractivity contribution in [3.05, 3.63) is 0 Å². The van der Waals surface area contributed by atoms with Crippen LogP contribution in [0.3, 0.4) is 0 Å². The molecule has 2 fully saturated rings. The van der Waals surface area contributed by atoms with E-state index in [0.29, 0.717) is 16.6 Å². The van der Waals surface area contributed by atoms with E-state index in [4.69, 9.17) is 5.11 Å². The maximum atomic E-state index is 10.8. The number of rotatable bonds is 2. The Morgan fingerprint density at radius 2 is 1.80 bits per heavy atom. The van der Waals surface area contributed by atoms with Crippen molar-refractivity contribution in [2.24, 2.45) is 0 Å². The molecule has 0 aromatic rings. The lowest BCUT2D eigenvalue weighted by Crippen LogP contribution is -3.00. The van der Waals surface area contributed by atoms with Crippen LogP contribution in [0, 0.1) is 0 Å². The summed E-state index contributed by atoms with van der Waals surface area (Å²) in [5.41, 5.74) is 0. The molecule has 0 saturated carbocycles. The maximum absolute atomic E-state index is 10.8. The second-order valence-corrected chi connectivity index (χ2v) is 4.91. The van der Waals surface area contributed by atoms with E-state index in [1.807, 2.05) is 7.05 Å². The number of carboxylic acid groups (broad SMARTS) is 1. The van der Waals surface area contributed by atoms with Gasteiger partial charge in [-0.3, -0.25) is 0 Å². The summed E-state index contributed by atoms with van der Waals surface area (Å²) in [6.45, 7) is 0.210. The van der Waals surface area contributed by atoms with E-state index < -0.39 is 5.97 Å². The van der Waals surface area contributed by atoms with E-state index in [2.05, 4.69) is 0 Å². The number of carbonyl (C=O) groups is 1. The van der Waals surface area contributed by atoms with Crippen molar-refractivity contribution in [2.45, 2.75) is 43.9 Å². The van der Waals surface area contributed by atoms with Crippen molar-refractivity contribution in [1.29, 1.82) is 0 Å². The molecule has 2 unspecified atom stereocenters. The Balaban J connectivity index is 0.00000112. The second kappa shape index (κ2) is 4.39. The zero-order valence-corrected chi connectivity index (χ0v) is 10.5. The largest absolute Gasteiger partial charge is 1.00 e. The molecule has 4 nitrogen and oxygen atoms in total. The average Bonchev–Trinajstić information content (AvgIpc) is 2.30. The summed E-state index contributed by atoms with van der Waals surface area (Å²) in [6, 6.07) is 0.722. The predicted octanol–water partition coefficient (Wildman–Crippen LogP) is -2.79. The minimum Gasteiger partial charge on any atom is -1.00 e. The minimum absolute atomic E-state index is 0. The molecule has 2 atom stereocenters. The van der Waals surface area contributed by atoms with Gasteiger partial charge in [-0.15, -0.1) is 0 Å². The van der Waals surface area contributed by atoms with E-state index in [-0.39, 0.29) is 29.6 Å². The van der Waals surface area contributed by atoms with E-state index in [1.54, 1.807) is 0 Å². The Hall–Kier alpha value is -0.130. The zero-order valence-electron chi connectivity index (χ0n) is 8.90. The number of carboxylic acids is 1. The molecule has 0 aromatic heterocycles. The molecule has 2 rings (SSSR count). The monoisotopic (exact) mass is 279 g/mol. The number of hydrogen-bond acceptors (Lipinski definition) is 2. The fraction of sp³-hybridized carbons (Fsp3) is 0.900. The van der Waals surface area contributed by atoms with Gasteiger partial charge in [0, 0.05) is 25.7 Å². The molecule has 0 radical (unpaired) electrons. The second-order valence-electron chi connectivity index (χ2n) is 4.91. The lowest BCUT2D eigenvalue weighted by atomic mass is 9.97. The average molecular weight is 280 g/mol. The third kappa shape index (κ3) is 2.19. The van der Waals surface area contributed by atoms with Crippen LogP contribution in [0.15, 0.2) is 0 Å². The molecule has 2 saturated heterocycles. The fourth-order valence-corrected chi connectivity index (χ4v) is 3.26. The van der Waals surface area contributed by atoms with Crippen LogP contribution in [-0.2, 0) is 4.79 Å². The van der Waals surface area contributed by atoms with Gasteiger partial charge in [0.1, 0.15) is 0 Å². The lowest BCUT2D eigenvalue weighted by molar-refractivity contribution is -0.942. The topological polar surface area (TPSA) is 57.5 Å². The zero-order chi connectivity index (χ0) is 10.3. The highest BCUT2D eigenvalue weighted by atomic mass is 79.9. The van der Waals surface area contributed by atoms with E-state index in [0.717, 1.165) is 25.7 Å². The fourth-order valence-electron chi connectivity index (χ4n) is 3.26. The normalized spacial score (nSPS) is 43.5.